The molecule has 0 N–H and O–H groups in total. The second-order valence-electron chi connectivity index (χ2n) is 2.54. The summed E-state index contributed by atoms with van der Waals surface area (Å²) in [6.07, 6.45) is 0. The van der Waals surface area contributed by atoms with E-state index in [0.717, 1.165) is 26.2 Å². The normalized spacial score (nSPS) is 16.5. The molecule has 0 aromatic heterocycles. The van der Waals surface area contributed by atoms with Gasteiger partial charge < -0.3 is 9.80 Å². The molecule has 0 amide bonds. The molecule has 0 spiro atoms. The molecule has 0 atom stereocenters. The van der Waals surface area contributed by atoms with Crippen LogP contribution in [0, 0.1) is 0 Å². The molecule has 1 heterocycles. The van der Waals surface area contributed by atoms with Gasteiger partial charge in [0.25, 0.3) is 0 Å². The van der Waals surface area contributed by atoms with Crippen LogP contribution in [0.25, 0.3) is 0 Å². The number of thiol groups is 2. The van der Waals surface area contributed by atoms with Crippen molar-refractivity contribution < 1.29 is 29.6 Å². The molecule has 0 saturated carbocycles. The average molecular weight is 261 g/mol. The third-order valence-electron chi connectivity index (χ3n) is 1.82. The van der Waals surface area contributed by atoms with Crippen LogP contribution in [0.2, 0.25) is 0 Å². The quantitative estimate of drug-likeness (QED) is 0.297. The zero-order chi connectivity index (χ0) is 9.14. The molecule has 13 heavy (non-hydrogen) atoms. The summed E-state index contributed by atoms with van der Waals surface area (Å²) >= 11 is 18.1. The van der Waals surface area contributed by atoms with Crippen molar-refractivity contribution in [2.75, 3.05) is 26.2 Å². The first-order chi connectivity index (χ1) is 5.61. The Morgan fingerprint density at radius 1 is 0.846 bits per heavy atom. The van der Waals surface area contributed by atoms with Gasteiger partial charge in [0.2, 0.25) is 0 Å². The van der Waals surface area contributed by atoms with Crippen LogP contribution >= 0.6 is 49.7 Å². The Morgan fingerprint density at radius 3 is 1.23 bits per heavy atom. The number of piperazine rings is 1. The Bertz CT molecular complexity index is 181. The maximum atomic E-state index is 4.94. The van der Waals surface area contributed by atoms with Crippen molar-refractivity contribution in [1.82, 2.24) is 9.80 Å². The van der Waals surface area contributed by atoms with Crippen LogP contribution in [-0.2, 0) is 0 Å². The van der Waals surface area contributed by atoms with Crippen molar-refractivity contribution in [3.8, 4) is 0 Å². The number of nitrogens with zero attached hydrogens (tertiary/aromatic N) is 2. The number of rotatable bonds is 0. The van der Waals surface area contributed by atoms with Crippen LogP contribution in [0.15, 0.2) is 0 Å². The number of hydrogen-bond acceptors (Lipinski definition) is 2. The first kappa shape index (κ1) is 14.5. The van der Waals surface area contributed by atoms with E-state index in [1.165, 1.54) is 0 Å². The van der Waals surface area contributed by atoms with E-state index in [9.17, 15) is 0 Å². The molecular weight excluding hydrogens is 251 g/mol. The van der Waals surface area contributed by atoms with Gasteiger partial charge in [-0.3, -0.25) is 0 Å². The fraction of sp³-hybridized carbons (Fsp3) is 0.667. The van der Waals surface area contributed by atoms with Gasteiger partial charge in [-0.05, 0) is 0 Å². The minimum absolute atomic E-state index is 0. The molecular formula is C6H10N2NaS4+. The van der Waals surface area contributed by atoms with Crippen LogP contribution in [-0.4, -0.2) is 44.6 Å². The summed E-state index contributed by atoms with van der Waals surface area (Å²) in [6.45, 7) is 3.57. The van der Waals surface area contributed by atoms with E-state index in [-0.39, 0.29) is 29.6 Å². The summed E-state index contributed by atoms with van der Waals surface area (Å²) in [5.74, 6) is 0. The fourth-order valence-corrected chi connectivity index (χ4v) is 1.85. The van der Waals surface area contributed by atoms with Crippen molar-refractivity contribution in [1.29, 1.82) is 0 Å². The van der Waals surface area contributed by atoms with E-state index < -0.39 is 0 Å². The molecule has 1 rings (SSSR count). The standard InChI is InChI=1S/C6H10N2S4.Na/c9-5(10)7-1-2-8(4-3-7)6(11)12;/h1-4H2,(H,9,10)(H,11,12);/q;+1. The molecule has 0 aliphatic carbocycles. The molecule has 0 radical (unpaired) electrons. The van der Waals surface area contributed by atoms with Gasteiger partial charge in [-0.25, -0.2) is 0 Å². The number of hydrogen-bond donors (Lipinski definition) is 2. The first-order valence-electron chi connectivity index (χ1n) is 3.57. The van der Waals surface area contributed by atoms with Gasteiger partial charge in [-0.15, -0.1) is 25.3 Å². The molecule has 1 aliphatic rings. The van der Waals surface area contributed by atoms with Gasteiger partial charge in [0.1, 0.15) is 8.64 Å². The summed E-state index contributed by atoms with van der Waals surface area (Å²) in [7, 11) is 0. The summed E-state index contributed by atoms with van der Waals surface area (Å²) in [6, 6.07) is 0. The summed E-state index contributed by atoms with van der Waals surface area (Å²) < 4.78 is 1.33. The Balaban J connectivity index is 0.00000144. The van der Waals surface area contributed by atoms with Crippen LogP contribution in [0.5, 0.6) is 0 Å². The number of thiocarbonyl (C=S) groups is 2. The van der Waals surface area contributed by atoms with Gasteiger partial charge in [0.05, 0.1) is 0 Å². The second kappa shape index (κ2) is 6.87. The van der Waals surface area contributed by atoms with Crippen molar-refractivity contribution in [2.24, 2.45) is 0 Å². The van der Waals surface area contributed by atoms with E-state index in [1.807, 2.05) is 0 Å². The predicted octanol–water partition coefficient (Wildman–Crippen LogP) is -1.96. The van der Waals surface area contributed by atoms with Crippen molar-refractivity contribution in [2.45, 2.75) is 0 Å². The predicted molar refractivity (Wildman–Crippen MR) is 66.3 cm³/mol. The second-order valence-corrected chi connectivity index (χ2v) is 4.76. The fourth-order valence-electron chi connectivity index (χ4n) is 1.09. The van der Waals surface area contributed by atoms with Gasteiger partial charge >= 0.3 is 29.6 Å². The molecule has 1 saturated heterocycles. The Morgan fingerprint density at radius 2 is 1.08 bits per heavy atom. The molecule has 0 aromatic carbocycles. The van der Waals surface area contributed by atoms with Gasteiger partial charge in [-0.1, -0.05) is 24.4 Å². The zero-order valence-electron chi connectivity index (χ0n) is 7.43. The van der Waals surface area contributed by atoms with Crippen LogP contribution in [0.3, 0.4) is 0 Å². The van der Waals surface area contributed by atoms with E-state index in [0.29, 0.717) is 8.64 Å². The molecule has 0 aromatic rings. The van der Waals surface area contributed by atoms with E-state index in [2.05, 4.69) is 35.1 Å². The Hall–Kier alpha value is 1.48. The maximum Gasteiger partial charge on any atom is 1.00 e. The third-order valence-corrected chi connectivity index (χ3v) is 2.90. The van der Waals surface area contributed by atoms with Crippen molar-refractivity contribution >= 4 is 58.3 Å². The first-order valence-corrected chi connectivity index (χ1v) is 5.28. The Kier molecular flexibility index (Phi) is 7.65. The summed E-state index contributed by atoms with van der Waals surface area (Å²) in [5.41, 5.74) is 0. The molecule has 1 fully saturated rings. The van der Waals surface area contributed by atoms with Crippen LogP contribution in [0.4, 0.5) is 0 Å². The van der Waals surface area contributed by atoms with Gasteiger partial charge in [-0.2, -0.15) is 0 Å². The van der Waals surface area contributed by atoms with Gasteiger partial charge in [0, 0.05) is 26.2 Å². The molecule has 68 valence electrons. The molecule has 2 nitrogen and oxygen atoms in total. The SMILES string of the molecule is S=C(S)N1CCN(C(=S)S)CC1.[Na+]. The van der Waals surface area contributed by atoms with Crippen LogP contribution < -0.4 is 29.6 Å². The zero-order valence-corrected chi connectivity index (χ0v) is 12.9. The maximum absolute atomic E-state index is 4.94. The topological polar surface area (TPSA) is 6.48 Å². The van der Waals surface area contributed by atoms with Crippen molar-refractivity contribution in [3.63, 3.8) is 0 Å². The molecule has 0 unspecified atom stereocenters. The minimum Gasteiger partial charge on any atom is -0.354 e. The Labute approximate surface area is 123 Å². The average Bonchev–Trinajstić information content (AvgIpc) is 2.04. The van der Waals surface area contributed by atoms with E-state index in [4.69, 9.17) is 24.4 Å². The summed E-state index contributed by atoms with van der Waals surface area (Å²) in [5, 5.41) is 0. The van der Waals surface area contributed by atoms with E-state index in [1.54, 1.807) is 0 Å². The smallest absolute Gasteiger partial charge is 0.354 e. The minimum atomic E-state index is 0. The molecule has 1 aliphatic heterocycles. The third kappa shape index (κ3) is 4.68. The van der Waals surface area contributed by atoms with E-state index >= 15 is 0 Å². The largest absolute Gasteiger partial charge is 1.00 e. The van der Waals surface area contributed by atoms with Gasteiger partial charge in [0.15, 0.2) is 0 Å². The van der Waals surface area contributed by atoms with Crippen molar-refractivity contribution in [3.05, 3.63) is 0 Å². The molecule has 0 bridgehead atoms. The van der Waals surface area contributed by atoms with Crippen LogP contribution in [0.1, 0.15) is 0 Å². The monoisotopic (exact) mass is 261 g/mol. The molecule has 7 heteroatoms. The summed E-state index contributed by atoms with van der Waals surface area (Å²) in [4.78, 5) is 4.11.